The van der Waals surface area contributed by atoms with Gasteiger partial charge in [-0.2, -0.15) is 5.10 Å². The molecular weight excluding hydrogens is 326 g/mol. The predicted molar refractivity (Wildman–Crippen MR) is 95.4 cm³/mol. The van der Waals surface area contributed by atoms with Crippen LogP contribution in [0.25, 0.3) is 0 Å². The van der Waals surface area contributed by atoms with Gasteiger partial charge in [-0.05, 0) is 38.6 Å². The van der Waals surface area contributed by atoms with E-state index in [1.165, 1.54) is 0 Å². The molecule has 1 aromatic carbocycles. The maximum Gasteiger partial charge on any atom is 0.307 e. The van der Waals surface area contributed by atoms with Crippen molar-refractivity contribution in [2.45, 2.75) is 33.9 Å². The zero-order valence-electron chi connectivity index (χ0n) is 14.6. The first kappa shape index (κ1) is 18.5. The molecule has 0 radical (unpaired) electrons. The number of aryl methyl sites for hydroxylation is 1. The summed E-state index contributed by atoms with van der Waals surface area (Å²) in [5, 5.41) is 14.4. The van der Waals surface area contributed by atoms with E-state index in [0.29, 0.717) is 19.6 Å². The Morgan fingerprint density at radius 1 is 1.33 bits per heavy atom. The van der Waals surface area contributed by atoms with Crippen LogP contribution in [-0.4, -0.2) is 39.3 Å². The second-order valence-corrected chi connectivity index (χ2v) is 6.81. The number of aromatic nitrogens is 2. The molecule has 24 heavy (non-hydrogen) atoms. The quantitative estimate of drug-likeness (QED) is 0.832. The summed E-state index contributed by atoms with van der Waals surface area (Å²) in [6, 6.07) is 7.76. The lowest BCUT2D eigenvalue weighted by molar-refractivity contribution is -0.141. The van der Waals surface area contributed by atoms with Crippen LogP contribution in [0.3, 0.4) is 0 Å². The van der Waals surface area contributed by atoms with Crippen molar-refractivity contribution >= 4 is 17.6 Å². The molecule has 0 aliphatic rings. The van der Waals surface area contributed by atoms with Gasteiger partial charge >= 0.3 is 5.97 Å². The Morgan fingerprint density at radius 3 is 2.54 bits per heavy atom. The number of carbonyl (C=O) groups is 1. The zero-order chi connectivity index (χ0) is 17.9. The van der Waals surface area contributed by atoms with Crippen LogP contribution in [0.15, 0.2) is 24.3 Å². The van der Waals surface area contributed by atoms with E-state index in [1.54, 1.807) is 6.92 Å². The van der Waals surface area contributed by atoms with Gasteiger partial charge in [-0.3, -0.25) is 9.48 Å². The fraction of sp³-hybridized carbons (Fsp3) is 0.444. The second kappa shape index (κ2) is 7.81. The molecule has 0 fully saturated rings. The largest absolute Gasteiger partial charge is 0.481 e. The molecule has 1 atom stereocenters. The van der Waals surface area contributed by atoms with Gasteiger partial charge in [0.25, 0.3) is 0 Å². The first-order chi connectivity index (χ1) is 11.3. The standard InChI is InChI=1S/C18H24ClN3O2/c1-12(18(23)24)9-21(4)11-17-13(2)20-22(14(17)3)10-15-5-7-16(19)8-6-15/h5-8,12H,9-11H2,1-4H3,(H,23,24). The molecule has 0 amide bonds. The van der Waals surface area contributed by atoms with Crippen LogP contribution in [0, 0.1) is 19.8 Å². The van der Waals surface area contributed by atoms with Gasteiger partial charge < -0.3 is 10.0 Å². The summed E-state index contributed by atoms with van der Waals surface area (Å²) in [7, 11) is 1.94. The first-order valence-electron chi connectivity index (χ1n) is 7.96. The molecule has 0 bridgehead atoms. The number of nitrogens with zero attached hydrogens (tertiary/aromatic N) is 3. The molecule has 2 aromatic rings. The van der Waals surface area contributed by atoms with Crippen molar-refractivity contribution in [1.82, 2.24) is 14.7 Å². The number of carboxylic acids is 1. The van der Waals surface area contributed by atoms with Gasteiger partial charge in [-0.25, -0.2) is 0 Å². The van der Waals surface area contributed by atoms with Gasteiger partial charge in [0.2, 0.25) is 0 Å². The lowest BCUT2D eigenvalue weighted by atomic mass is 10.1. The fourth-order valence-electron chi connectivity index (χ4n) is 2.76. The molecule has 5 nitrogen and oxygen atoms in total. The van der Waals surface area contributed by atoms with Gasteiger partial charge in [0.15, 0.2) is 0 Å². The smallest absolute Gasteiger partial charge is 0.307 e. The molecule has 0 saturated carbocycles. The molecule has 2 rings (SSSR count). The van der Waals surface area contributed by atoms with E-state index < -0.39 is 5.97 Å². The lowest BCUT2D eigenvalue weighted by Crippen LogP contribution is -2.28. The lowest BCUT2D eigenvalue weighted by Gasteiger charge is -2.19. The minimum atomic E-state index is -0.770. The van der Waals surface area contributed by atoms with Gasteiger partial charge in [-0.15, -0.1) is 0 Å². The average Bonchev–Trinajstić information content (AvgIpc) is 2.77. The topological polar surface area (TPSA) is 58.4 Å². The Morgan fingerprint density at radius 2 is 1.96 bits per heavy atom. The number of benzene rings is 1. The number of carboxylic acid groups (broad SMARTS) is 1. The number of rotatable bonds is 7. The molecular formula is C18H24ClN3O2. The summed E-state index contributed by atoms with van der Waals surface area (Å²) < 4.78 is 1.99. The van der Waals surface area contributed by atoms with E-state index in [1.807, 2.05) is 47.8 Å². The van der Waals surface area contributed by atoms with Gasteiger partial charge in [0.1, 0.15) is 0 Å². The highest BCUT2D eigenvalue weighted by atomic mass is 35.5. The summed E-state index contributed by atoms with van der Waals surface area (Å²) in [4.78, 5) is 13.0. The van der Waals surface area contributed by atoms with Crippen LogP contribution in [-0.2, 0) is 17.9 Å². The summed E-state index contributed by atoms with van der Waals surface area (Å²) in [5.74, 6) is -1.16. The van der Waals surface area contributed by atoms with Crippen molar-refractivity contribution in [2.75, 3.05) is 13.6 Å². The molecule has 1 aromatic heterocycles. The van der Waals surface area contributed by atoms with Crippen molar-refractivity contribution in [3.05, 3.63) is 51.8 Å². The van der Waals surface area contributed by atoms with Crippen molar-refractivity contribution in [2.24, 2.45) is 5.92 Å². The van der Waals surface area contributed by atoms with Crippen LogP contribution in [0.2, 0.25) is 5.02 Å². The van der Waals surface area contributed by atoms with E-state index in [0.717, 1.165) is 27.5 Å². The predicted octanol–water partition coefficient (Wildman–Crippen LogP) is 3.35. The zero-order valence-corrected chi connectivity index (χ0v) is 15.3. The number of hydrogen-bond donors (Lipinski definition) is 1. The first-order valence-corrected chi connectivity index (χ1v) is 8.34. The highest BCUT2D eigenvalue weighted by Crippen LogP contribution is 2.18. The Bertz CT molecular complexity index is 710. The summed E-state index contributed by atoms with van der Waals surface area (Å²) >= 11 is 5.93. The summed E-state index contributed by atoms with van der Waals surface area (Å²) in [5.41, 5.74) is 4.39. The SMILES string of the molecule is Cc1nn(Cc2ccc(Cl)cc2)c(C)c1CN(C)CC(C)C(=O)O. The Kier molecular flexibility index (Phi) is 6.02. The van der Waals surface area contributed by atoms with E-state index in [-0.39, 0.29) is 5.92 Å². The van der Waals surface area contributed by atoms with E-state index in [2.05, 4.69) is 12.0 Å². The molecule has 6 heteroatoms. The Balaban J connectivity index is 2.10. The van der Waals surface area contributed by atoms with Crippen molar-refractivity contribution in [3.8, 4) is 0 Å². The van der Waals surface area contributed by atoms with Crippen LogP contribution in [0.1, 0.15) is 29.4 Å². The molecule has 1 N–H and O–H groups in total. The minimum absolute atomic E-state index is 0.389. The highest BCUT2D eigenvalue weighted by Gasteiger charge is 2.17. The van der Waals surface area contributed by atoms with Crippen LogP contribution >= 0.6 is 11.6 Å². The molecule has 130 valence electrons. The normalized spacial score (nSPS) is 12.6. The fourth-order valence-corrected chi connectivity index (χ4v) is 2.89. The van der Waals surface area contributed by atoms with E-state index in [9.17, 15) is 4.79 Å². The van der Waals surface area contributed by atoms with Gasteiger partial charge in [0, 0.05) is 29.4 Å². The van der Waals surface area contributed by atoms with Crippen molar-refractivity contribution < 1.29 is 9.90 Å². The summed E-state index contributed by atoms with van der Waals surface area (Å²) in [6.07, 6.45) is 0. The van der Waals surface area contributed by atoms with Crippen LogP contribution in [0.5, 0.6) is 0 Å². The molecule has 0 aliphatic carbocycles. The number of hydrogen-bond acceptors (Lipinski definition) is 3. The monoisotopic (exact) mass is 349 g/mol. The average molecular weight is 350 g/mol. The highest BCUT2D eigenvalue weighted by molar-refractivity contribution is 6.30. The third-order valence-electron chi connectivity index (χ3n) is 4.21. The Labute approximate surface area is 147 Å². The molecule has 1 heterocycles. The molecule has 0 saturated heterocycles. The minimum Gasteiger partial charge on any atom is -0.481 e. The van der Waals surface area contributed by atoms with Crippen molar-refractivity contribution in [3.63, 3.8) is 0 Å². The molecule has 0 aliphatic heterocycles. The third kappa shape index (κ3) is 4.58. The van der Waals surface area contributed by atoms with Crippen molar-refractivity contribution in [1.29, 1.82) is 0 Å². The van der Waals surface area contributed by atoms with Crippen LogP contribution < -0.4 is 0 Å². The maximum absolute atomic E-state index is 11.0. The van der Waals surface area contributed by atoms with Gasteiger partial charge in [-0.1, -0.05) is 30.7 Å². The van der Waals surface area contributed by atoms with E-state index in [4.69, 9.17) is 16.7 Å². The molecule has 1 unspecified atom stereocenters. The van der Waals surface area contributed by atoms with Crippen LogP contribution in [0.4, 0.5) is 0 Å². The van der Waals surface area contributed by atoms with Gasteiger partial charge in [0.05, 0.1) is 18.2 Å². The number of aliphatic carboxylic acids is 1. The summed E-state index contributed by atoms with van der Waals surface area (Å²) in [6.45, 7) is 7.67. The van der Waals surface area contributed by atoms with E-state index >= 15 is 0 Å². The molecule has 0 spiro atoms. The maximum atomic E-state index is 11.0. The second-order valence-electron chi connectivity index (χ2n) is 6.37. The number of halogens is 1. The Hall–Kier alpha value is -1.85. The third-order valence-corrected chi connectivity index (χ3v) is 4.46.